The number of rotatable bonds is 7. The predicted molar refractivity (Wildman–Crippen MR) is 115 cm³/mol. The lowest BCUT2D eigenvalue weighted by atomic mass is 10.1. The molecule has 1 amide bonds. The SMILES string of the molecule is COC(=O)[C@H]1CN(C(=O)CCc2ccc(S(=O)(=O)NC(C)C)cc2)c2ccccc2O1. The number of methoxy groups -OCH3 is 1. The summed E-state index contributed by atoms with van der Waals surface area (Å²) in [7, 11) is -2.28. The van der Waals surface area contributed by atoms with E-state index in [0.29, 0.717) is 17.9 Å². The van der Waals surface area contributed by atoms with Crippen LogP contribution in [0.25, 0.3) is 0 Å². The van der Waals surface area contributed by atoms with Crippen molar-refractivity contribution in [2.45, 2.75) is 43.7 Å². The highest BCUT2D eigenvalue weighted by Gasteiger charge is 2.34. The van der Waals surface area contributed by atoms with E-state index in [1.54, 1.807) is 50.2 Å². The van der Waals surface area contributed by atoms with E-state index in [-0.39, 0.29) is 29.8 Å². The van der Waals surface area contributed by atoms with Crippen molar-refractivity contribution in [3.63, 3.8) is 0 Å². The zero-order valence-corrected chi connectivity index (χ0v) is 18.5. The van der Waals surface area contributed by atoms with E-state index in [1.807, 2.05) is 0 Å². The number of hydrogen-bond acceptors (Lipinski definition) is 6. The number of fused-ring (bicyclic) bond motifs is 1. The number of nitrogens with one attached hydrogen (secondary N) is 1. The third kappa shape index (κ3) is 5.42. The summed E-state index contributed by atoms with van der Waals surface area (Å²) in [6.07, 6.45) is -0.264. The second-order valence-corrected chi connectivity index (χ2v) is 9.24. The summed E-state index contributed by atoms with van der Waals surface area (Å²) in [6, 6.07) is 13.3. The van der Waals surface area contributed by atoms with Crippen LogP contribution in [0.2, 0.25) is 0 Å². The van der Waals surface area contributed by atoms with Gasteiger partial charge in [0.1, 0.15) is 5.75 Å². The molecule has 2 aromatic carbocycles. The van der Waals surface area contributed by atoms with Crippen LogP contribution in [0.3, 0.4) is 0 Å². The van der Waals surface area contributed by atoms with Crippen molar-refractivity contribution in [2.75, 3.05) is 18.6 Å². The standard InChI is InChI=1S/C22H26N2O6S/c1-15(2)23-31(27,28)17-11-8-16(9-12-17)10-13-21(25)24-14-20(22(26)29-3)30-19-7-5-4-6-18(19)24/h4-9,11-12,15,20,23H,10,13-14H2,1-3H3/t20-/m1/s1. The zero-order valence-electron chi connectivity index (χ0n) is 17.7. The molecule has 2 aromatic rings. The van der Waals surface area contributed by atoms with Gasteiger partial charge in [0.05, 0.1) is 24.2 Å². The molecule has 0 unspecified atom stereocenters. The molecular weight excluding hydrogens is 420 g/mol. The molecule has 8 nitrogen and oxygen atoms in total. The number of hydrogen-bond donors (Lipinski definition) is 1. The van der Waals surface area contributed by atoms with Crippen LogP contribution >= 0.6 is 0 Å². The van der Waals surface area contributed by atoms with Crippen molar-refractivity contribution >= 4 is 27.6 Å². The summed E-state index contributed by atoms with van der Waals surface area (Å²) >= 11 is 0. The second kappa shape index (κ2) is 9.49. The Balaban J connectivity index is 1.69. The highest BCUT2D eigenvalue weighted by Crippen LogP contribution is 2.33. The molecule has 0 saturated carbocycles. The molecule has 31 heavy (non-hydrogen) atoms. The zero-order chi connectivity index (χ0) is 22.6. The van der Waals surface area contributed by atoms with Gasteiger partial charge in [-0.05, 0) is 50.1 Å². The number of amides is 1. The van der Waals surface area contributed by atoms with Gasteiger partial charge in [0.15, 0.2) is 0 Å². The number of ether oxygens (including phenoxy) is 2. The number of para-hydroxylation sites is 2. The van der Waals surface area contributed by atoms with E-state index in [1.165, 1.54) is 24.1 Å². The van der Waals surface area contributed by atoms with Crippen molar-refractivity contribution in [3.8, 4) is 5.75 Å². The normalized spacial score (nSPS) is 15.9. The number of carbonyl (C=O) groups excluding carboxylic acids is 2. The minimum atomic E-state index is -3.56. The monoisotopic (exact) mass is 446 g/mol. The molecule has 0 aromatic heterocycles. The molecule has 0 spiro atoms. The van der Waals surface area contributed by atoms with E-state index < -0.39 is 22.1 Å². The highest BCUT2D eigenvalue weighted by atomic mass is 32.2. The van der Waals surface area contributed by atoms with Gasteiger partial charge in [-0.15, -0.1) is 0 Å². The smallest absolute Gasteiger partial charge is 0.348 e. The fraction of sp³-hybridized carbons (Fsp3) is 0.364. The molecule has 9 heteroatoms. The van der Waals surface area contributed by atoms with Crippen LogP contribution < -0.4 is 14.4 Å². The first-order chi connectivity index (χ1) is 14.7. The third-order valence-corrected chi connectivity index (χ3v) is 6.47. The van der Waals surface area contributed by atoms with E-state index >= 15 is 0 Å². The van der Waals surface area contributed by atoms with Gasteiger partial charge >= 0.3 is 5.97 Å². The highest BCUT2D eigenvalue weighted by molar-refractivity contribution is 7.89. The van der Waals surface area contributed by atoms with E-state index in [9.17, 15) is 18.0 Å². The van der Waals surface area contributed by atoms with Gasteiger partial charge in [-0.3, -0.25) is 4.79 Å². The van der Waals surface area contributed by atoms with Crippen LogP contribution in [0.5, 0.6) is 5.75 Å². The van der Waals surface area contributed by atoms with Crippen LogP contribution in [-0.4, -0.2) is 46.1 Å². The van der Waals surface area contributed by atoms with Crippen molar-refractivity contribution in [3.05, 3.63) is 54.1 Å². The van der Waals surface area contributed by atoms with Crippen LogP contribution in [0.4, 0.5) is 5.69 Å². The molecule has 0 aliphatic carbocycles. The number of sulfonamides is 1. The summed E-state index contributed by atoms with van der Waals surface area (Å²) in [6.45, 7) is 3.58. The van der Waals surface area contributed by atoms with Crippen LogP contribution in [-0.2, 0) is 30.8 Å². The van der Waals surface area contributed by atoms with Gasteiger partial charge < -0.3 is 14.4 Å². The first-order valence-electron chi connectivity index (χ1n) is 9.96. The minimum Gasteiger partial charge on any atom is -0.475 e. The van der Waals surface area contributed by atoms with Crippen LogP contribution in [0.15, 0.2) is 53.4 Å². The summed E-state index contributed by atoms with van der Waals surface area (Å²) in [5, 5.41) is 0. The molecule has 0 radical (unpaired) electrons. The summed E-state index contributed by atoms with van der Waals surface area (Å²) in [5.41, 5.74) is 1.44. The largest absolute Gasteiger partial charge is 0.475 e. The molecular formula is C22H26N2O6S. The first kappa shape index (κ1) is 22.8. The molecule has 1 heterocycles. The molecule has 1 atom stereocenters. The maximum Gasteiger partial charge on any atom is 0.348 e. The average molecular weight is 447 g/mol. The van der Waals surface area contributed by atoms with E-state index in [4.69, 9.17) is 9.47 Å². The quantitative estimate of drug-likeness (QED) is 0.655. The Labute approximate surface area is 182 Å². The van der Waals surface area contributed by atoms with Crippen LogP contribution in [0.1, 0.15) is 25.8 Å². The van der Waals surface area contributed by atoms with Gasteiger partial charge in [0.25, 0.3) is 0 Å². The predicted octanol–water partition coefficient (Wildman–Crippen LogP) is 2.27. The number of nitrogens with zero attached hydrogens (tertiary/aromatic N) is 1. The maximum absolute atomic E-state index is 13.0. The van der Waals surface area contributed by atoms with Gasteiger partial charge in [0.2, 0.25) is 22.0 Å². The van der Waals surface area contributed by atoms with Crippen molar-refractivity contribution in [2.24, 2.45) is 0 Å². The topological polar surface area (TPSA) is 102 Å². The van der Waals surface area contributed by atoms with Crippen molar-refractivity contribution in [1.29, 1.82) is 0 Å². The molecule has 0 bridgehead atoms. The van der Waals surface area contributed by atoms with Gasteiger partial charge in [-0.2, -0.15) is 0 Å². The maximum atomic E-state index is 13.0. The molecule has 3 rings (SSSR count). The summed E-state index contributed by atoms with van der Waals surface area (Å²) in [5.74, 6) is -0.258. The lowest BCUT2D eigenvalue weighted by Gasteiger charge is -2.33. The Morgan fingerprint density at radius 2 is 1.84 bits per heavy atom. The number of esters is 1. The molecule has 1 aliphatic rings. The third-order valence-electron chi connectivity index (χ3n) is 4.79. The van der Waals surface area contributed by atoms with Gasteiger partial charge in [-0.25, -0.2) is 17.9 Å². The fourth-order valence-corrected chi connectivity index (χ4v) is 4.58. The molecule has 1 N–H and O–H groups in total. The van der Waals surface area contributed by atoms with Crippen molar-refractivity contribution in [1.82, 2.24) is 4.72 Å². The molecule has 0 fully saturated rings. The number of anilines is 1. The average Bonchev–Trinajstić information content (AvgIpc) is 2.75. The van der Waals surface area contributed by atoms with Crippen molar-refractivity contribution < 1.29 is 27.5 Å². The molecule has 166 valence electrons. The Bertz CT molecular complexity index is 1050. The van der Waals surface area contributed by atoms with E-state index in [0.717, 1.165) is 5.56 Å². The molecule has 0 saturated heterocycles. The molecule has 1 aliphatic heterocycles. The van der Waals surface area contributed by atoms with Crippen LogP contribution in [0, 0.1) is 0 Å². The minimum absolute atomic E-state index is 0.0700. The summed E-state index contributed by atoms with van der Waals surface area (Å²) in [4.78, 5) is 26.6. The fourth-order valence-electron chi connectivity index (χ4n) is 3.32. The summed E-state index contributed by atoms with van der Waals surface area (Å²) < 4.78 is 37.4. The first-order valence-corrected chi connectivity index (χ1v) is 11.4. The Hall–Kier alpha value is -2.91. The van der Waals surface area contributed by atoms with Gasteiger partial charge in [0, 0.05) is 12.5 Å². The number of aryl methyl sites for hydroxylation is 1. The Morgan fingerprint density at radius 3 is 2.48 bits per heavy atom. The second-order valence-electron chi connectivity index (χ2n) is 7.52. The lowest BCUT2D eigenvalue weighted by Crippen LogP contribution is -2.47. The van der Waals surface area contributed by atoms with E-state index in [2.05, 4.69) is 4.72 Å². The Kier molecular flexibility index (Phi) is 6.97. The Morgan fingerprint density at radius 1 is 1.16 bits per heavy atom. The number of benzene rings is 2. The van der Waals surface area contributed by atoms with Gasteiger partial charge in [-0.1, -0.05) is 24.3 Å². The lowest BCUT2D eigenvalue weighted by molar-refractivity contribution is -0.148. The number of carbonyl (C=O) groups is 2.